The molecule has 4 nitrogen and oxygen atoms in total. The standard InChI is InChI=1S/C15H17N3O/c1-11-14(13-5-3-4-6-15(13)19-11)10-16-9-12-7-8-17-18(12)2/h3-8,16H,9-10H2,1-2H3. The average Bonchev–Trinajstić information content (AvgIpc) is 2.94. The van der Waals surface area contributed by atoms with Gasteiger partial charge in [-0.1, -0.05) is 18.2 Å². The molecule has 1 aromatic carbocycles. The second-order valence-corrected chi connectivity index (χ2v) is 4.68. The van der Waals surface area contributed by atoms with E-state index in [0.29, 0.717) is 0 Å². The monoisotopic (exact) mass is 255 g/mol. The van der Waals surface area contributed by atoms with Crippen molar-refractivity contribution in [3.63, 3.8) is 0 Å². The van der Waals surface area contributed by atoms with E-state index in [4.69, 9.17) is 4.42 Å². The summed E-state index contributed by atoms with van der Waals surface area (Å²) in [4.78, 5) is 0. The Morgan fingerprint density at radius 1 is 1.21 bits per heavy atom. The van der Waals surface area contributed by atoms with Crippen LogP contribution in [0.1, 0.15) is 17.0 Å². The van der Waals surface area contributed by atoms with Crippen LogP contribution >= 0.6 is 0 Å². The molecular weight excluding hydrogens is 238 g/mol. The fourth-order valence-corrected chi connectivity index (χ4v) is 2.33. The highest BCUT2D eigenvalue weighted by molar-refractivity contribution is 5.82. The van der Waals surface area contributed by atoms with Gasteiger partial charge in [0.25, 0.3) is 0 Å². The molecule has 0 fully saturated rings. The smallest absolute Gasteiger partial charge is 0.134 e. The number of aromatic nitrogens is 2. The molecule has 0 aliphatic heterocycles. The summed E-state index contributed by atoms with van der Waals surface area (Å²) in [6.45, 7) is 3.62. The highest BCUT2D eigenvalue weighted by Gasteiger charge is 2.09. The van der Waals surface area contributed by atoms with E-state index in [1.807, 2.05) is 49.1 Å². The Bertz CT molecular complexity index is 696. The summed E-state index contributed by atoms with van der Waals surface area (Å²) in [5, 5.41) is 8.79. The molecular formula is C15H17N3O. The second-order valence-electron chi connectivity index (χ2n) is 4.68. The van der Waals surface area contributed by atoms with Crippen LogP contribution in [0.25, 0.3) is 11.0 Å². The molecule has 0 spiro atoms. The number of aryl methyl sites for hydroxylation is 2. The van der Waals surface area contributed by atoms with Gasteiger partial charge in [-0.3, -0.25) is 4.68 Å². The van der Waals surface area contributed by atoms with Crippen LogP contribution in [0.2, 0.25) is 0 Å². The highest BCUT2D eigenvalue weighted by Crippen LogP contribution is 2.24. The number of para-hydroxylation sites is 1. The third-order valence-electron chi connectivity index (χ3n) is 3.43. The molecule has 0 saturated heterocycles. The molecule has 2 heterocycles. The van der Waals surface area contributed by atoms with Crippen molar-refractivity contribution >= 4 is 11.0 Å². The van der Waals surface area contributed by atoms with Gasteiger partial charge >= 0.3 is 0 Å². The number of nitrogens with one attached hydrogen (secondary N) is 1. The number of fused-ring (bicyclic) bond motifs is 1. The summed E-state index contributed by atoms with van der Waals surface area (Å²) in [6, 6.07) is 10.2. The minimum Gasteiger partial charge on any atom is -0.461 e. The van der Waals surface area contributed by atoms with Crippen molar-refractivity contribution in [2.45, 2.75) is 20.0 Å². The van der Waals surface area contributed by atoms with Crippen molar-refractivity contribution < 1.29 is 4.42 Å². The zero-order valence-electron chi connectivity index (χ0n) is 11.2. The minimum absolute atomic E-state index is 0.800. The average molecular weight is 255 g/mol. The quantitative estimate of drug-likeness (QED) is 0.779. The van der Waals surface area contributed by atoms with E-state index in [2.05, 4.69) is 16.5 Å². The molecule has 0 aliphatic carbocycles. The molecule has 2 aromatic heterocycles. The molecule has 0 unspecified atom stereocenters. The maximum atomic E-state index is 5.75. The first-order chi connectivity index (χ1) is 9.25. The molecule has 0 aliphatic rings. The molecule has 0 bridgehead atoms. The zero-order chi connectivity index (χ0) is 13.2. The van der Waals surface area contributed by atoms with Crippen LogP contribution < -0.4 is 5.32 Å². The summed E-state index contributed by atoms with van der Waals surface area (Å²) in [7, 11) is 1.95. The van der Waals surface area contributed by atoms with Crippen molar-refractivity contribution in [3.05, 3.63) is 53.5 Å². The van der Waals surface area contributed by atoms with E-state index in [1.165, 1.54) is 16.6 Å². The number of hydrogen-bond acceptors (Lipinski definition) is 3. The maximum absolute atomic E-state index is 5.75. The SMILES string of the molecule is Cc1oc2ccccc2c1CNCc1ccnn1C. The Morgan fingerprint density at radius 2 is 2.05 bits per heavy atom. The largest absolute Gasteiger partial charge is 0.461 e. The van der Waals surface area contributed by atoms with E-state index >= 15 is 0 Å². The molecule has 1 N–H and O–H groups in total. The first-order valence-electron chi connectivity index (χ1n) is 6.40. The molecule has 0 atom stereocenters. The lowest BCUT2D eigenvalue weighted by Gasteiger charge is -2.05. The van der Waals surface area contributed by atoms with Gasteiger partial charge < -0.3 is 9.73 Å². The summed E-state index contributed by atoms with van der Waals surface area (Å²) in [5.74, 6) is 0.985. The van der Waals surface area contributed by atoms with Gasteiger partial charge in [0.2, 0.25) is 0 Å². The lowest BCUT2D eigenvalue weighted by molar-refractivity contribution is 0.561. The molecule has 0 amide bonds. The van der Waals surface area contributed by atoms with Crippen LogP contribution in [0.15, 0.2) is 40.9 Å². The number of nitrogens with zero attached hydrogens (tertiary/aromatic N) is 2. The van der Waals surface area contributed by atoms with Crippen molar-refractivity contribution in [2.75, 3.05) is 0 Å². The van der Waals surface area contributed by atoms with Gasteiger partial charge in [0.05, 0.1) is 5.69 Å². The summed E-state index contributed by atoms with van der Waals surface area (Å²) in [6.07, 6.45) is 1.81. The summed E-state index contributed by atoms with van der Waals surface area (Å²) < 4.78 is 7.64. The number of benzene rings is 1. The van der Waals surface area contributed by atoms with Crippen LogP contribution in [-0.4, -0.2) is 9.78 Å². The lowest BCUT2D eigenvalue weighted by atomic mass is 10.1. The van der Waals surface area contributed by atoms with Crippen LogP contribution in [0.4, 0.5) is 0 Å². The molecule has 98 valence electrons. The zero-order valence-corrected chi connectivity index (χ0v) is 11.2. The van der Waals surface area contributed by atoms with E-state index in [-0.39, 0.29) is 0 Å². The van der Waals surface area contributed by atoms with Crippen LogP contribution in [0.5, 0.6) is 0 Å². The molecule has 0 radical (unpaired) electrons. The van der Waals surface area contributed by atoms with Crippen molar-refractivity contribution in [2.24, 2.45) is 7.05 Å². The molecule has 0 saturated carbocycles. The first-order valence-corrected chi connectivity index (χ1v) is 6.40. The number of hydrogen-bond donors (Lipinski definition) is 1. The third kappa shape index (κ3) is 2.27. The van der Waals surface area contributed by atoms with Gasteiger partial charge in [0, 0.05) is 37.3 Å². The topological polar surface area (TPSA) is 43.0 Å². The summed E-state index contributed by atoms with van der Waals surface area (Å²) in [5.41, 5.74) is 3.36. The van der Waals surface area contributed by atoms with Gasteiger partial charge in [-0.25, -0.2) is 0 Å². The Hall–Kier alpha value is -2.07. The van der Waals surface area contributed by atoms with Crippen molar-refractivity contribution in [1.82, 2.24) is 15.1 Å². The Morgan fingerprint density at radius 3 is 2.84 bits per heavy atom. The van der Waals surface area contributed by atoms with Crippen molar-refractivity contribution in [1.29, 1.82) is 0 Å². The molecule has 4 heteroatoms. The van der Waals surface area contributed by atoms with Crippen molar-refractivity contribution in [3.8, 4) is 0 Å². The maximum Gasteiger partial charge on any atom is 0.134 e. The van der Waals surface area contributed by atoms with Crippen LogP contribution in [0.3, 0.4) is 0 Å². The predicted molar refractivity (Wildman–Crippen MR) is 74.7 cm³/mol. The van der Waals surface area contributed by atoms with Gasteiger partial charge in [0.1, 0.15) is 11.3 Å². The number of rotatable bonds is 4. The predicted octanol–water partition coefficient (Wildman–Crippen LogP) is 2.76. The van der Waals surface area contributed by atoms with Gasteiger partial charge in [-0.15, -0.1) is 0 Å². The van der Waals surface area contributed by atoms with Gasteiger partial charge in [0.15, 0.2) is 0 Å². The van der Waals surface area contributed by atoms with E-state index < -0.39 is 0 Å². The van der Waals surface area contributed by atoms with E-state index in [1.54, 1.807) is 0 Å². The number of furan rings is 1. The molecule has 19 heavy (non-hydrogen) atoms. The Labute approximate surface area is 112 Å². The highest BCUT2D eigenvalue weighted by atomic mass is 16.3. The van der Waals surface area contributed by atoms with Gasteiger partial charge in [-0.2, -0.15) is 5.10 Å². The third-order valence-corrected chi connectivity index (χ3v) is 3.43. The minimum atomic E-state index is 0.800. The fourth-order valence-electron chi connectivity index (χ4n) is 2.33. The van der Waals surface area contributed by atoms with Gasteiger partial charge in [-0.05, 0) is 19.1 Å². The molecule has 3 rings (SSSR count). The Balaban J connectivity index is 1.75. The normalized spacial score (nSPS) is 11.3. The first kappa shape index (κ1) is 12.0. The fraction of sp³-hybridized carbons (Fsp3) is 0.267. The lowest BCUT2D eigenvalue weighted by Crippen LogP contribution is -2.15. The van der Waals surface area contributed by atoms with Crippen LogP contribution in [0, 0.1) is 6.92 Å². The second kappa shape index (κ2) is 4.90. The van der Waals surface area contributed by atoms with E-state index in [9.17, 15) is 0 Å². The molecule has 3 aromatic rings. The van der Waals surface area contributed by atoms with Crippen LogP contribution in [-0.2, 0) is 20.1 Å². The van der Waals surface area contributed by atoms with E-state index in [0.717, 1.165) is 24.4 Å². The summed E-state index contributed by atoms with van der Waals surface area (Å²) >= 11 is 0. The Kier molecular flexibility index (Phi) is 3.09.